The molecule has 0 rings (SSSR count). The Balaban J connectivity index is 3.04. The third kappa shape index (κ3) is 13.9. The van der Waals surface area contributed by atoms with Gasteiger partial charge in [0.1, 0.15) is 0 Å². The number of aliphatic hydroxyl groups excluding tert-OH is 2. The maximum absolute atomic E-state index is 9.30. The van der Waals surface area contributed by atoms with Crippen LogP contribution in [0.1, 0.15) is 13.3 Å². The SMILES string of the molecule is C=CC(O)CNCCOCCOCCNCC(O)CC. The molecule has 0 aliphatic heterocycles. The summed E-state index contributed by atoms with van der Waals surface area (Å²) in [7, 11) is 0. The van der Waals surface area contributed by atoms with Crippen molar-refractivity contribution in [3.63, 3.8) is 0 Å². The van der Waals surface area contributed by atoms with E-state index in [2.05, 4.69) is 17.2 Å². The summed E-state index contributed by atoms with van der Waals surface area (Å²) < 4.78 is 10.7. The maximum Gasteiger partial charge on any atom is 0.0842 e. The van der Waals surface area contributed by atoms with Crippen LogP contribution >= 0.6 is 0 Å². The highest BCUT2D eigenvalue weighted by molar-refractivity contribution is 4.79. The van der Waals surface area contributed by atoms with Crippen LogP contribution in [0.15, 0.2) is 12.7 Å². The van der Waals surface area contributed by atoms with Gasteiger partial charge in [0.25, 0.3) is 0 Å². The zero-order chi connectivity index (χ0) is 15.1. The van der Waals surface area contributed by atoms with Gasteiger partial charge in [0.05, 0.1) is 38.6 Å². The van der Waals surface area contributed by atoms with E-state index in [9.17, 15) is 10.2 Å². The number of hydrogen-bond donors (Lipinski definition) is 4. The van der Waals surface area contributed by atoms with Crippen LogP contribution in [0.5, 0.6) is 0 Å². The molecule has 20 heavy (non-hydrogen) atoms. The van der Waals surface area contributed by atoms with Crippen LogP contribution in [0.3, 0.4) is 0 Å². The molecule has 6 nitrogen and oxygen atoms in total. The van der Waals surface area contributed by atoms with Crippen molar-refractivity contribution in [2.45, 2.75) is 25.6 Å². The molecule has 0 aromatic rings. The highest BCUT2D eigenvalue weighted by Crippen LogP contribution is 1.86. The topological polar surface area (TPSA) is 83.0 Å². The Morgan fingerprint density at radius 3 is 2.05 bits per heavy atom. The Kier molecular flexibility index (Phi) is 14.5. The molecule has 0 amide bonds. The second-order valence-corrected chi connectivity index (χ2v) is 4.50. The number of aliphatic hydroxyl groups is 2. The van der Waals surface area contributed by atoms with Gasteiger partial charge in [-0.1, -0.05) is 13.0 Å². The molecule has 120 valence electrons. The minimum absolute atomic E-state index is 0.273. The molecular formula is C14H30N2O4. The summed E-state index contributed by atoms with van der Waals surface area (Å²) in [6.07, 6.45) is 1.48. The summed E-state index contributed by atoms with van der Waals surface area (Å²) in [6, 6.07) is 0. The third-order valence-electron chi connectivity index (χ3n) is 2.70. The van der Waals surface area contributed by atoms with E-state index in [0.29, 0.717) is 46.1 Å². The zero-order valence-corrected chi connectivity index (χ0v) is 12.5. The molecule has 0 heterocycles. The first-order valence-corrected chi connectivity index (χ1v) is 7.26. The molecule has 6 heteroatoms. The van der Waals surface area contributed by atoms with E-state index in [0.717, 1.165) is 13.0 Å². The summed E-state index contributed by atoms with van der Waals surface area (Å²) >= 11 is 0. The Morgan fingerprint density at radius 2 is 1.55 bits per heavy atom. The van der Waals surface area contributed by atoms with Gasteiger partial charge in [-0.2, -0.15) is 0 Å². The molecule has 2 unspecified atom stereocenters. The minimum Gasteiger partial charge on any atom is -0.392 e. The predicted octanol–water partition coefficient (Wildman–Crippen LogP) is -0.483. The number of nitrogens with one attached hydrogen (secondary N) is 2. The molecule has 0 saturated carbocycles. The first-order chi connectivity index (χ1) is 9.70. The average molecular weight is 290 g/mol. The Bertz CT molecular complexity index is 217. The molecule has 4 N–H and O–H groups in total. The Hall–Kier alpha value is -0.500. The van der Waals surface area contributed by atoms with Gasteiger partial charge in [-0.25, -0.2) is 0 Å². The molecule has 0 aliphatic rings. The molecule has 0 aliphatic carbocycles. The lowest BCUT2D eigenvalue weighted by molar-refractivity contribution is 0.0484. The molecule has 0 spiro atoms. The largest absolute Gasteiger partial charge is 0.392 e. The van der Waals surface area contributed by atoms with Crippen LogP contribution in [-0.4, -0.2) is 75.0 Å². The quantitative estimate of drug-likeness (QED) is 0.241. The zero-order valence-electron chi connectivity index (χ0n) is 12.5. The summed E-state index contributed by atoms with van der Waals surface area (Å²) in [4.78, 5) is 0. The van der Waals surface area contributed by atoms with Crippen LogP contribution in [0.25, 0.3) is 0 Å². The smallest absolute Gasteiger partial charge is 0.0842 e. The maximum atomic E-state index is 9.30. The fourth-order valence-electron chi connectivity index (χ4n) is 1.36. The average Bonchev–Trinajstić information content (AvgIpc) is 2.47. The fraction of sp³-hybridized carbons (Fsp3) is 0.857. The van der Waals surface area contributed by atoms with Gasteiger partial charge in [-0.15, -0.1) is 6.58 Å². The van der Waals surface area contributed by atoms with Gasteiger partial charge in [0.15, 0.2) is 0 Å². The van der Waals surface area contributed by atoms with Crippen LogP contribution in [0, 0.1) is 0 Å². The lowest BCUT2D eigenvalue weighted by Gasteiger charge is -2.10. The number of hydrogen-bond acceptors (Lipinski definition) is 6. The molecule has 0 aromatic carbocycles. The van der Waals surface area contributed by atoms with Crippen molar-refractivity contribution in [2.24, 2.45) is 0 Å². The van der Waals surface area contributed by atoms with Gasteiger partial charge in [0, 0.05) is 26.2 Å². The number of ether oxygens (including phenoxy) is 2. The van der Waals surface area contributed by atoms with Crippen molar-refractivity contribution >= 4 is 0 Å². The van der Waals surface area contributed by atoms with Crippen molar-refractivity contribution in [1.29, 1.82) is 0 Å². The van der Waals surface area contributed by atoms with Crippen molar-refractivity contribution < 1.29 is 19.7 Å². The van der Waals surface area contributed by atoms with Gasteiger partial charge >= 0.3 is 0 Å². The van der Waals surface area contributed by atoms with E-state index in [4.69, 9.17) is 9.47 Å². The van der Waals surface area contributed by atoms with E-state index in [1.54, 1.807) is 0 Å². The summed E-state index contributed by atoms with van der Waals surface area (Å²) in [5.41, 5.74) is 0. The lowest BCUT2D eigenvalue weighted by Crippen LogP contribution is -2.29. The summed E-state index contributed by atoms with van der Waals surface area (Å²) in [6.45, 7) is 10.3. The first-order valence-electron chi connectivity index (χ1n) is 7.26. The van der Waals surface area contributed by atoms with Crippen LogP contribution in [0.4, 0.5) is 0 Å². The van der Waals surface area contributed by atoms with Crippen LogP contribution in [-0.2, 0) is 9.47 Å². The summed E-state index contributed by atoms with van der Waals surface area (Å²) in [5, 5.41) is 24.7. The van der Waals surface area contributed by atoms with Crippen LogP contribution in [0.2, 0.25) is 0 Å². The van der Waals surface area contributed by atoms with Gasteiger partial charge in [0.2, 0.25) is 0 Å². The lowest BCUT2D eigenvalue weighted by atomic mass is 10.3. The molecule has 0 radical (unpaired) electrons. The predicted molar refractivity (Wildman–Crippen MR) is 79.9 cm³/mol. The molecule has 2 atom stereocenters. The normalized spacial score (nSPS) is 14.2. The van der Waals surface area contributed by atoms with Crippen LogP contribution < -0.4 is 10.6 Å². The molecule has 0 aromatic heterocycles. The van der Waals surface area contributed by atoms with Crippen molar-refractivity contribution in [2.75, 3.05) is 52.6 Å². The molecular weight excluding hydrogens is 260 g/mol. The highest BCUT2D eigenvalue weighted by atomic mass is 16.5. The van der Waals surface area contributed by atoms with E-state index >= 15 is 0 Å². The van der Waals surface area contributed by atoms with E-state index in [-0.39, 0.29) is 6.10 Å². The summed E-state index contributed by atoms with van der Waals surface area (Å²) in [5.74, 6) is 0. The highest BCUT2D eigenvalue weighted by Gasteiger charge is 1.98. The first kappa shape index (κ1) is 19.5. The Morgan fingerprint density at radius 1 is 1.00 bits per heavy atom. The third-order valence-corrected chi connectivity index (χ3v) is 2.70. The molecule has 0 saturated heterocycles. The van der Waals surface area contributed by atoms with Crippen molar-refractivity contribution in [1.82, 2.24) is 10.6 Å². The van der Waals surface area contributed by atoms with Gasteiger partial charge in [-0.05, 0) is 6.42 Å². The minimum atomic E-state index is -0.503. The Labute approximate surface area is 122 Å². The molecule has 0 bridgehead atoms. The van der Waals surface area contributed by atoms with Crippen molar-refractivity contribution in [3.8, 4) is 0 Å². The second kappa shape index (κ2) is 14.9. The standard InChI is InChI=1S/C14H30N2O4/c1-3-13(17)11-15-5-7-19-9-10-20-8-6-16-12-14(18)4-2/h3,13-18H,1,4-12H2,2H3. The number of rotatable bonds is 15. The van der Waals surface area contributed by atoms with Crippen molar-refractivity contribution in [3.05, 3.63) is 12.7 Å². The van der Waals surface area contributed by atoms with E-state index < -0.39 is 6.10 Å². The van der Waals surface area contributed by atoms with E-state index in [1.165, 1.54) is 6.08 Å². The fourth-order valence-corrected chi connectivity index (χ4v) is 1.36. The van der Waals surface area contributed by atoms with Gasteiger partial charge < -0.3 is 30.3 Å². The monoisotopic (exact) mass is 290 g/mol. The second-order valence-electron chi connectivity index (χ2n) is 4.50. The molecule has 0 fully saturated rings. The van der Waals surface area contributed by atoms with E-state index in [1.807, 2.05) is 6.92 Å². The van der Waals surface area contributed by atoms with Gasteiger partial charge in [-0.3, -0.25) is 0 Å².